The van der Waals surface area contributed by atoms with Gasteiger partial charge in [0.1, 0.15) is 5.75 Å². The monoisotopic (exact) mass is 369 g/mol. The predicted octanol–water partition coefficient (Wildman–Crippen LogP) is 3.95. The molecule has 0 fully saturated rings. The van der Waals surface area contributed by atoms with E-state index in [-0.39, 0.29) is 11.1 Å². The summed E-state index contributed by atoms with van der Waals surface area (Å²) in [5, 5.41) is 0.512. The number of halogens is 1. The summed E-state index contributed by atoms with van der Waals surface area (Å²) < 4.78 is 11.4. The summed E-state index contributed by atoms with van der Waals surface area (Å²) >= 11 is 6.04. The van der Waals surface area contributed by atoms with Gasteiger partial charge >= 0.3 is 5.97 Å². The Labute approximate surface area is 155 Å². The topological polar surface area (TPSA) is 57.5 Å². The van der Waals surface area contributed by atoms with E-state index in [0.29, 0.717) is 27.6 Å². The molecule has 3 rings (SSSR count). The van der Waals surface area contributed by atoms with Crippen molar-refractivity contribution in [2.75, 3.05) is 14.2 Å². The number of ether oxygens (including phenoxy) is 2. The van der Waals surface area contributed by atoms with Crippen LogP contribution >= 0.6 is 11.6 Å². The van der Waals surface area contributed by atoms with Crippen LogP contribution < -0.4 is 10.3 Å². The first-order chi connectivity index (χ1) is 12.5. The van der Waals surface area contributed by atoms with Crippen molar-refractivity contribution < 1.29 is 14.3 Å². The molecule has 0 saturated heterocycles. The minimum Gasteiger partial charge on any atom is -0.497 e. The molecule has 0 atom stereocenters. The Bertz CT molecular complexity index is 1010. The predicted molar refractivity (Wildman–Crippen MR) is 100 cm³/mol. The number of carbonyl (C=O) groups is 1. The molecule has 6 heteroatoms. The van der Waals surface area contributed by atoms with Crippen LogP contribution in [-0.4, -0.2) is 24.8 Å². The third-order valence-electron chi connectivity index (χ3n) is 3.95. The summed E-state index contributed by atoms with van der Waals surface area (Å²) in [6.07, 6.45) is 1.48. The SMILES string of the molecule is COC(=O)c1cn(-c2ccc(OC)cc2)c(=O)cc1-c1cccc(Cl)c1. The second-order valence-electron chi connectivity index (χ2n) is 5.51. The maximum Gasteiger partial charge on any atom is 0.340 e. The number of esters is 1. The van der Waals surface area contributed by atoms with Crippen LogP contribution in [0.3, 0.4) is 0 Å². The van der Waals surface area contributed by atoms with Gasteiger partial charge in [-0.2, -0.15) is 0 Å². The van der Waals surface area contributed by atoms with Gasteiger partial charge in [0.2, 0.25) is 0 Å². The molecule has 3 aromatic rings. The third-order valence-corrected chi connectivity index (χ3v) is 4.18. The van der Waals surface area contributed by atoms with E-state index in [4.69, 9.17) is 21.1 Å². The molecule has 1 heterocycles. The van der Waals surface area contributed by atoms with E-state index < -0.39 is 5.97 Å². The number of nitrogens with zero attached hydrogens (tertiary/aromatic N) is 1. The molecule has 132 valence electrons. The van der Waals surface area contributed by atoms with Crippen LogP contribution in [0.1, 0.15) is 10.4 Å². The third kappa shape index (κ3) is 3.48. The summed E-state index contributed by atoms with van der Waals surface area (Å²) in [5.41, 5.74) is 1.73. The van der Waals surface area contributed by atoms with Crippen molar-refractivity contribution in [1.29, 1.82) is 0 Å². The van der Waals surface area contributed by atoms with Crippen molar-refractivity contribution in [1.82, 2.24) is 4.57 Å². The number of hydrogen-bond donors (Lipinski definition) is 0. The van der Waals surface area contributed by atoms with Crippen LogP contribution in [0.2, 0.25) is 5.02 Å². The minimum absolute atomic E-state index is 0.269. The molecule has 0 aliphatic carbocycles. The molecule has 1 aromatic heterocycles. The molecule has 0 N–H and O–H groups in total. The van der Waals surface area contributed by atoms with E-state index in [1.54, 1.807) is 55.6 Å². The molecule has 0 bridgehead atoms. The van der Waals surface area contributed by atoms with Crippen LogP contribution in [0.5, 0.6) is 5.75 Å². The fourth-order valence-corrected chi connectivity index (χ4v) is 2.84. The highest BCUT2D eigenvalue weighted by Crippen LogP contribution is 2.26. The van der Waals surface area contributed by atoms with Crippen molar-refractivity contribution in [3.05, 3.63) is 81.7 Å². The summed E-state index contributed by atoms with van der Waals surface area (Å²) in [4.78, 5) is 25.0. The highest BCUT2D eigenvalue weighted by atomic mass is 35.5. The van der Waals surface area contributed by atoms with Gasteiger partial charge in [0.05, 0.1) is 19.8 Å². The Morgan fingerprint density at radius 3 is 2.38 bits per heavy atom. The maximum absolute atomic E-state index is 12.7. The van der Waals surface area contributed by atoms with Gasteiger partial charge < -0.3 is 9.47 Å². The Morgan fingerprint density at radius 2 is 1.77 bits per heavy atom. The second kappa shape index (κ2) is 7.45. The highest BCUT2D eigenvalue weighted by molar-refractivity contribution is 6.30. The lowest BCUT2D eigenvalue weighted by atomic mass is 10.0. The fraction of sp³-hybridized carbons (Fsp3) is 0.100. The Morgan fingerprint density at radius 1 is 1.04 bits per heavy atom. The highest BCUT2D eigenvalue weighted by Gasteiger charge is 2.17. The zero-order chi connectivity index (χ0) is 18.7. The number of benzene rings is 2. The standard InChI is InChI=1S/C20H16ClNO4/c1-25-16-8-6-15(7-9-16)22-12-18(20(24)26-2)17(11-19(22)23)13-4-3-5-14(21)10-13/h3-12H,1-2H3. The number of hydrogen-bond acceptors (Lipinski definition) is 4. The van der Waals surface area contributed by atoms with E-state index >= 15 is 0 Å². The van der Waals surface area contributed by atoms with Crippen molar-refractivity contribution >= 4 is 17.6 Å². The van der Waals surface area contributed by atoms with Crippen LogP contribution in [0.4, 0.5) is 0 Å². The zero-order valence-electron chi connectivity index (χ0n) is 14.2. The van der Waals surface area contributed by atoms with E-state index in [0.717, 1.165) is 0 Å². The molecule has 0 radical (unpaired) electrons. The second-order valence-corrected chi connectivity index (χ2v) is 5.95. The van der Waals surface area contributed by atoms with E-state index in [9.17, 15) is 9.59 Å². The fourth-order valence-electron chi connectivity index (χ4n) is 2.65. The lowest BCUT2D eigenvalue weighted by Crippen LogP contribution is -2.20. The van der Waals surface area contributed by atoms with Gasteiger partial charge in [0.15, 0.2) is 0 Å². The molecule has 0 aliphatic heterocycles. The van der Waals surface area contributed by atoms with Gasteiger partial charge in [-0.15, -0.1) is 0 Å². The minimum atomic E-state index is -0.540. The van der Waals surface area contributed by atoms with E-state index in [2.05, 4.69) is 0 Å². The quantitative estimate of drug-likeness (QED) is 0.653. The van der Waals surface area contributed by atoms with Gasteiger partial charge in [-0.1, -0.05) is 23.7 Å². The first-order valence-electron chi connectivity index (χ1n) is 7.79. The maximum atomic E-state index is 12.7. The molecule has 5 nitrogen and oxygen atoms in total. The number of pyridine rings is 1. The first kappa shape index (κ1) is 17.8. The first-order valence-corrected chi connectivity index (χ1v) is 8.16. The summed E-state index contributed by atoms with van der Waals surface area (Å²) in [6.45, 7) is 0. The van der Waals surface area contributed by atoms with Crippen LogP contribution in [-0.2, 0) is 4.74 Å². The summed E-state index contributed by atoms with van der Waals surface area (Å²) in [7, 11) is 2.86. The smallest absolute Gasteiger partial charge is 0.340 e. The van der Waals surface area contributed by atoms with Gasteiger partial charge in [-0.25, -0.2) is 4.79 Å². The Balaban J connectivity index is 2.20. The zero-order valence-corrected chi connectivity index (χ0v) is 15.0. The lowest BCUT2D eigenvalue weighted by Gasteiger charge is -2.13. The lowest BCUT2D eigenvalue weighted by molar-refractivity contribution is 0.0601. The molecular formula is C20H16ClNO4. The van der Waals surface area contributed by atoms with Crippen molar-refractivity contribution in [2.24, 2.45) is 0 Å². The number of methoxy groups -OCH3 is 2. The Kier molecular flexibility index (Phi) is 5.09. The van der Waals surface area contributed by atoms with Crippen LogP contribution in [0.15, 0.2) is 65.6 Å². The Hall–Kier alpha value is -3.05. The average molecular weight is 370 g/mol. The number of rotatable bonds is 4. The largest absolute Gasteiger partial charge is 0.497 e. The van der Waals surface area contributed by atoms with Crippen molar-refractivity contribution in [3.63, 3.8) is 0 Å². The molecule has 0 saturated carbocycles. The molecular weight excluding hydrogens is 354 g/mol. The summed E-state index contributed by atoms with van der Waals surface area (Å²) in [5.74, 6) is 0.132. The average Bonchev–Trinajstić information content (AvgIpc) is 2.67. The molecule has 2 aromatic carbocycles. The van der Waals surface area contributed by atoms with Gasteiger partial charge in [0.25, 0.3) is 5.56 Å². The van der Waals surface area contributed by atoms with E-state index in [1.165, 1.54) is 23.9 Å². The van der Waals surface area contributed by atoms with E-state index in [1.807, 2.05) is 0 Å². The van der Waals surface area contributed by atoms with Gasteiger partial charge in [-0.3, -0.25) is 9.36 Å². The van der Waals surface area contributed by atoms with Gasteiger partial charge in [-0.05, 0) is 42.0 Å². The molecule has 0 aliphatic rings. The molecule has 0 spiro atoms. The van der Waals surface area contributed by atoms with Crippen LogP contribution in [0, 0.1) is 0 Å². The van der Waals surface area contributed by atoms with Gasteiger partial charge in [0, 0.05) is 28.5 Å². The van der Waals surface area contributed by atoms with Crippen molar-refractivity contribution in [2.45, 2.75) is 0 Å². The normalized spacial score (nSPS) is 10.4. The number of aromatic nitrogens is 1. The molecule has 0 unspecified atom stereocenters. The van der Waals surface area contributed by atoms with Crippen LogP contribution in [0.25, 0.3) is 16.8 Å². The molecule has 0 amide bonds. The molecule has 26 heavy (non-hydrogen) atoms. The van der Waals surface area contributed by atoms with Crippen molar-refractivity contribution in [3.8, 4) is 22.6 Å². The number of carbonyl (C=O) groups excluding carboxylic acids is 1. The summed E-state index contributed by atoms with van der Waals surface area (Å²) in [6, 6.07) is 15.3.